The molecule has 1 heterocycles. The molecule has 0 bridgehead atoms. The SMILES string of the molecule is COC(=O)CC(O)CC1CCC=[N+]1[O-]. The van der Waals surface area contributed by atoms with Crippen LogP contribution in [0.15, 0.2) is 0 Å². The van der Waals surface area contributed by atoms with Crippen molar-refractivity contribution < 1.29 is 19.4 Å². The smallest absolute Gasteiger partial charge is 0.308 e. The molecular formula is C9H15NO4. The molecule has 0 spiro atoms. The highest BCUT2D eigenvalue weighted by Gasteiger charge is 2.25. The quantitative estimate of drug-likeness (QED) is 0.396. The van der Waals surface area contributed by atoms with Crippen molar-refractivity contribution in [2.45, 2.75) is 37.8 Å². The summed E-state index contributed by atoms with van der Waals surface area (Å²) < 4.78 is 5.28. The van der Waals surface area contributed by atoms with Gasteiger partial charge >= 0.3 is 5.97 Å². The van der Waals surface area contributed by atoms with Gasteiger partial charge in [0.1, 0.15) is 0 Å². The van der Waals surface area contributed by atoms with E-state index in [-0.39, 0.29) is 12.5 Å². The summed E-state index contributed by atoms with van der Waals surface area (Å²) in [6, 6.07) is -0.186. The zero-order valence-corrected chi connectivity index (χ0v) is 8.18. The lowest BCUT2D eigenvalue weighted by Crippen LogP contribution is -2.25. The second-order valence-electron chi connectivity index (χ2n) is 3.44. The highest BCUT2D eigenvalue weighted by Crippen LogP contribution is 2.15. The van der Waals surface area contributed by atoms with Crippen LogP contribution in [-0.4, -0.2) is 41.3 Å². The summed E-state index contributed by atoms with van der Waals surface area (Å²) in [6.07, 6.45) is 2.57. The Kier molecular flexibility index (Phi) is 3.88. The Morgan fingerprint density at radius 3 is 3.07 bits per heavy atom. The van der Waals surface area contributed by atoms with Gasteiger partial charge in [-0.2, -0.15) is 0 Å². The maximum absolute atomic E-state index is 11.1. The second-order valence-corrected chi connectivity index (χ2v) is 3.44. The van der Waals surface area contributed by atoms with Crippen molar-refractivity contribution in [3.05, 3.63) is 5.21 Å². The minimum atomic E-state index is -0.782. The van der Waals surface area contributed by atoms with E-state index in [1.54, 1.807) is 6.21 Å². The van der Waals surface area contributed by atoms with E-state index < -0.39 is 12.1 Å². The summed E-state index contributed by atoms with van der Waals surface area (Å²) in [5.74, 6) is -0.447. The fraction of sp³-hybridized carbons (Fsp3) is 0.778. The summed E-state index contributed by atoms with van der Waals surface area (Å²) in [5.41, 5.74) is 0. The number of nitrogens with zero attached hydrogens (tertiary/aromatic N) is 1. The van der Waals surface area contributed by atoms with E-state index in [0.717, 1.165) is 17.6 Å². The van der Waals surface area contributed by atoms with Gasteiger partial charge in [-0.15, -0.1) is 0 Å². The van der Waals surface area contributed by atoms with Gasteiger partial charge in [0.25, 0.3) is 0 Å². The molecule has 1 aliphatic heterocycles. The van der Waals surface area contributed by atoms with E-state index in [0.29, 0.717) is 6.42 Å². The van der Waals surface area contributed by atoms with Gasteiger partial charge in [-0.1, -0.05) is 0 Å². The highest BCUT2D eigenvalue weighted by atomic mass is 16.5. The monoisotopic (exact) mass is 201 g/mol. The minimum Gasteiger partial charge on any atom is -0.624 e. The van der Waals surface area contributed by atoms with Gasteiger partial charge in [-0.05, 0) is 0 Å². The number of esters is 1. The van der Waals surface area contributed by atoms with Crippen molar-refractivity contribution in [2.24, 2.45) is 0 Å². The lowest BCUT2D eigenvalue weighted by atomic mass is 10.1. The molecule has 0 aliphatic carbocycles. The number of methoxy groups -OCH3 is 1. The lowest BCUT2D eigenvalue weighted by Gasteiger charge is -2.14. The first-order valence-corrected chi connectivity index (χ1v) is 4.67. The molecule has 5 nitrogen and oxygen atoms in total. The highest BCUT2D eigenvalue weighted by molar-refractivity contribution is 5.69. The molecule has 0 radical (unpaired) electrons. The molecule has 0 saturated heterocycles. The van der Waals surface area contributed by atoms with Crippen molar-refractivity contribution >= 4 is 12.2 Å². The van der Waals surface area contributed by atoms with Crippen LogP contribution < -0.4 is 0 Å². The zero-order chi connectivity index (χ0) is 10.6. The largest absolute Gasteiger partial charge is 0.624 e. The van der Waals surface area contributed by atoms with Gasteiger partial charge in [-0.25, -0.2) is 4.74 Å². The van der Waals surface area contributed by atoms with Gasteiger partial charge in [0.15, 0.2) is 12.3 Å². The number of hydroxylamine groups is 1. The Bertz CT molecular complexity index is 239. The predicted octanol–water partition coefficient (Wildman–Crippen LogP) is 0.0440. The van der Waals surface area contributed by atoms with Crippen LogP contribution in [0.2, 0.25) is 0 Å². The fourth-order valence-corrected chi connectivity index (χ4v) is 1.57. The standard InChI is InChI=1S/C9H15NO4/c1-14-9(12)6-8(11)5-7-3-2-4-10(7)13/h4,7-8,11H,2-3,5-6H2,1H3. The molecule has 2 unspecified atom stereocenters. The first-order valence-electron chi connectivity index (χ1n) is 4.67. The van der Waals surface area contributed by atoms with Crippen LogP contribution in [0.25, 0.3) is 0 Å². The van der Waals surface area contributed by atoms with Crippen LogP contribution in [-0.2, 0) is 9.53 Å². The van der Waals surface area contributed by atoms with E-state index in [1.165, 1.54) is 7.11 Å². The Labute approximate surface area is 82.6 Å². The molecule has 1 rings (SSSR count). The zero-order valence-electron chi connectivity index (χ0n) is 8.18. The van der Waals surface area contributed by atoms with Gasteiger partial charge < -0.3 is 15.1 Å². The van der Waals surface area contributed by atoms with Crippen molar-refractivity contribution in [3.8, 4) is 0 Å². The average Bonchev–Trinajstić information content (AvgIpc) is 2.51. The second kappa shape index (κ2) is 4.95. The number of hydrogen-bond acceptors (Lipinski definition) is 4. The molecule has 1 aliphatic rings. The Morgan fingerprint density at radius 2 is 2.57 bits per heavy atom. The Balaban J connectivity index is 2.30. The van der Waals surface area contributed by atoms with Crippen LogP contribution in [0, 0.1) is 5.21 Å². The minimum absolute atomic E-state index is 0.0408. The molecular weight excluding hydrogens is 186 g/mol. The molecule has 5 heteroatoms. The number of rotatable bonds is 4. The van der Waals surface area contributed by atoms with Crippen LogP contribution in [0.5, 0.6) is 0 Å². The molecule has 2 atom stereocenters. The number of ether oxygens (including phenoxy) is 1. The average molecular weight is 201 g/mol. The summed E-state index contributed by atoms with van der Waals surface area (Å²) in [5, 5.41) is 20.5. The molecule has 80 valence electrons. The summed E-state index contributed by atoms with van der Waals surface area (Å²) >= 11 is 0. The molecule has 0 aromatic rings. The maximum atomic E-state index is 11.1. The van der Waals surface area contributed by atoms with Gasteiger partial charge in [0.05, 0.1) is 19.6 Å². The van der Waals surface area contributed by atoms with Crippen LogP contribution in [0.3, 0.4) is 0 Å². The Hall–Kier alpha value is -1.10. The van der Waals surface area contributed by atoms with Crippen LogP contribution in [0.4, 0.5) is 0 Å². The maximum Gasteiger partial charge on any atom is 0.308 e. The molecule has 0 aromatic carbocycles. The summed E-state index contributed by atoms with van der Waals surface area (Å²) in [4.78, 5) is 10.8. The number of aliphatic hydroxyl groups is 1. The van der Waals surface area contributed by atoms with E-state index in [4.69, 9.17) is 0 Å². The van der Waals surface area contributed by atoms with Gasteiger partial charge in [0, 0.05) is 19.3 Å². The number of hydrogen-bond donors (Lipinski definition) is 1. The molecule has 0 saturated carbocycles. The number of carbonyl (C=O) groups excluding carboxylic acids is 1. The molecule has 0 fully saturated rings. The fourth-order valence-electron chi connectivity index (χ4n) is 1.57. The van der Waals surface area contributed by atoms with E-state index in [9.17, 15) is 15.1 Å². The van der Waals surface area contributed by atoms with Crippen molar-refractivity contribution in [2.75, 3.05) is 7.11 Å². The van der Waals surface area contributed by atoms with E-state index >= 15 is 0 Å². The topological polar surface area (TPSA) is 72.6 Å². The van der Waals surface area contributed by atoms with E-state index in [1.807, 2.05) is 0 Å². The van der Waals surface area contributed by atoms with Crippen LogP contribution in [0.1, 0.15) is 25.7 Å². The van der Waals surface area contributed by atoms with Crippen molar-refractivity contribution in [1.82, 2.24) is 0 Å². The van der Waals surface area contributed by atoms with Gasteiger partial charge in [-0.3, -0.25) is 4.79 Å². The third-order valence-electron chi connectivity index (χ3n) is 2.34. The first-order chi connectivity index (χ1) is 6.63. The molecule has 0 amide bonds. The normalized spacial score (nSPS) is 23.0. The van der Waals surface area contributed by atoms with Crippen molar-refractivity contribution in [1.29, 1.82) is 0 Å². The van der Waals surface area contributed by atoms with Crippen molar-refractivity contribution in [3.63, 3.8) is 0 Å². The third kappa shape index (κ3) is 2.99. The number of carbonyl (C=O) groups is 1. The summed E-state index contributed by atoms with van der Waals surface area (Å²) in [6.45, 7) is 0. The molecule has 14 heavy (non-hydrogen) atoms. The molecule has 1 N–H and O–H groups in total. The first kappa shape index (κ1) is 11.0. The van der Waals surface area contributed by atoms with E-state index in [2.05, 4.69) is 4.74 Å². The van der Waals surface area contributed by atoms with Gasteiger partial charge in [0.2, 0.25) is 0 Å². The summed E-state index contributed by atoms with van der Waals surface area (Å²) in [7, 11) is 1.28. The number of aliphatic hydroxyl groups excluding tert-OH is 1. The molecule has 0 aromatic heterocycles. The van der Waals surface area contributed by atoms with Crippen LogP contribution >= 0.6 is 0 Å². The predicted molar refractivity (Wildman–Crippen MR) is 50.0 cm³/mol. The third-order valence-corrected chi connectivity index (χ3v) is 2.34. The Morgan fingerprint density at radius 1 is 1.86 bits per heavy atom. The lowest BCUT2D eigenvalue weighted by molar-refractivity contribution is -0.491.